The zero-order chi connectivity index (χ0) is 14.5. The van der Waals surface area contributed by atoms with Crippen LogP contribution in [0.4, 0.5) is 0 Å². The summed E-state index contributed by atoms with van der Waals surface area (Å²) in [6.45, 7) is 6.39. The molecule has 122 valence electrons. The first kappa shape index (κ1) is 17.2. The molecule has 0 aliphatic carbocycles. The first-order valence-corrected chi connectivity index (χ1v) is 7.78. The third kappa shape index (κ3) is 4.18. The minimum atomic E-state index is 0. The van der Waals surface area contributed by atoms with E-state index >= 15 is 0 Å². The van der Waals surface area contributed by atoms with Crippen molar-refractivity contribution in [3.63, 3.8) is 0 Å². The van der Waals surface area contributed by atoms with Gasteiger partial charge in [-0.05, 0) is 43.9 Å². The Hall–Kier alpha value is -1.18. The van der Waals surface area contributed by atoms with Crippen molar-refractivity contribution in [2.24, 2.45) is 4.99 Å². The molecule has 0 bridgehead atoms. The summed E-state index contributed by atoms with van der Waals surface area (Å²) in [6, 6.07) is 6.12. The molecule has 5 nitrogen and oxygen atoms in total. The van der Waals surface area contributed by atoms with Gasteiger partial charge in [0.15, 0.2) is 17.5 Å². The molecule has 6 heteroatoms. The highest BCUT2D eigenvalue weighted by atomic mass is 127. The molecule has 0 aromatic heterocycles. The van der Waals surface area contributed by atoms with E-state index in [1.807, 2.05) is 6.07 Å². The second-order valence-electron chi connectivity index (χ2n) is 5.37. The Bertz CT molecular complexity index is 516. The highest BCUT2D eigenvalue weighted by molar-refractivity contribution is 14.0. The molecular weight excluding hydrogens is 393 g/mol. The number of nitrogens with zero attached hydrogens (tertiary/aromatic N) is 2. The van der Waals surface area contributed by atoms with E-state index in [-0.39, 0.29) is 24.0 Å². The van der Waals surface area contributed by atoms with Gasteiger partial charge in [0, 0.05) is 26.2 Å². The number of hydrogen-bond donors (Lipinski definition) is 1. The first-order chi connectivity index (χ1) is 10.4. The molecule has 1 saturated heterocycles. The highest BCUT2D eigenvalue weighted by Crippen LogP contribution is 2.32. The molecular formula is C16H24IN3O2. The summed E-state index contributed by atoms with van der Waals surface area (Å²) in [5.74, 6) is 2.74. The first-order valence-electron chi connectivity index (χ1n) is 7.78. The van der Waals surface area contributed by atoms with Crippen LogP contribution in [0.15, 0.2) is 23.2 Å². The van der Waals surface area contributed by atoms with Crippen LogP contribution in [0.5, 0.6) is 11.5 Å². The molecule has 0 amide bonds. The summed E-state index contributed by atoms with van der Waals surface area (Å²) in [5.41, 5.74) is 1.24. The van der Waals surface area contributed by atoms with Crippen molar-refractivity contribution in [1.29, 1.82) is 0 Å². The van der Waals surface area contributed by atoms with Gasteiger partial charge in [-0.25, -0.2) is 0 Å². The van der Waals surface area contributed by atoms with Crippen LogP contribution in [0.25, 0.3) is 0 Å². The second-order valence-corrected chi connectivity index (χ2v) is 5.37. The molecule has 22 heavy (non-hydrogen) atoms. The van der Waals surface area contributed by atoms with Crippen LogP contribution in [0, 0.1) is 0 Å². The van der Waals surface area contributed by atoms with Crippen LogP contribution in [-0.4, -0.2) is 43.8 Å². The molecule has 0 saturated carbocycles. The number of ether oxygens (including phenoxy) is 2. The number of nitrogens with one attached hydrogen (secondary N) is 1. The lowest BCUT2D eigenvalue weighted by Gasteiger charge is -2.20. The lowest BCUT2D eigenvalue weighted by atomic mass is 10.1. The summed E-state index contributed by atoms with van der Waals surface area (Å²) < 4.78 is 10.7. The van der Waals surface area contributed by atoms with E-state index in [1.54, 1.807) is 0 Å². The van der Waals surface area contributed by atoms with E-state index in [2.05, 4.69) is 29.3 Å². The number of hydrogen-bond acceptors (Lipinski definition) is 3. The third-order valence-electron chi connectivity index (χ3n) is 3.84. The van der Waals surface area contributed by atoms with Crippen molar-refractivity contribution < 1.29 is 9.47 Å². The van der Waals surface area contributed by atoms with Gasteiger partial charge in [0.25, 0.3) is 0 Å². The largest absolute Gasteiger partial charge is 0.454 e. The molecule has 2 aliphatic heterocycles. The van der Waals surface area contributed by atoms with E-state index in [1.165, 1.54) is 18.4 Å². The maximum atomic E-state index is 5.41. The van der Waals surface area contributed by atoms with Gasteiger partial charge in [0.1, 0.15) is 0 Å². The normalized spacial score (nSPS) is 16.6. The zero-order valence-electron chi connectivity index (χ0n) is 13.0. The highest BCUT2D eigenvalue weighted by Gasteiger charge is 2.15. The third-order valence-corrected chi connectivity index (χ3v) is 3.84. The minimum Gasteiger partial charge on any atom is -0.454 e. The summed E-state index contributed by atoms with van der Waals surface area (Å²) >= 11 is 0. The van der Waals surface area contributed by atoms with Crippen molar-refractivity contribution in [3.05, 3.63) is 23.8 Å². The maximum Gasteiger partial charge on any atom is 0.231 e. The SMILES string of the molecule is CCNC(=NCCc1ccc2c(c1)OCO2)N1CCCC1.I. The number of fused-ring (bicyclic) bond motifs is 1. The number of rotatable bonds is 4. The minimum absolute atomic E-state index is 0. The van der Waals surface area contributed by atoms with Crippen molar-refractivity contribution in [2.45, 2.75) is 26.2 Å². The molecule has 0 atom stereocenters. The van der Waals surface area contributed by atoms with Crippen LogP contribution < -0.4 is 14.8 Å². The Morgan fingerprint density at radius 1 is 1.23 bits per heavy atom. The molecule has 1 aromatic rings. The van der Waals surface area contributed by atoms with Crippen molar-refractivity contribution in [3.8, 4) is 11.5 Å². The molecule has 0 spiro atoms. The van der Waals surface area contributed by atoms with E-state index in [0.717, 1.165) is 50.1 Å². The van der Waals surface area contributed by atoms with Gasteiger partial charge in [0.05, 0.1) is 0 Å². The Kier molecular flexibility index (Phi) is 6.60. The average Bonchev–Trinajstić information content (AvgIpc) is 3.17. The van der Waals surface area contributed by atoms with Crippen molar-refractivity contribution in [2.75, 3.05) is 33.0 Å². The fourth-order valence-electron chi connectivity index (χ4n) is 2.74. The van der Waals surface area contributed by atoms with Crippen LogP contribution in [0.2, 0.25) is 0 Å². The zero-order valence-corrected chi connectivity index (χ0v) is 15.3. The Balaban J connectivity index is 0.00000176. The lowest BCUT2D eigenvalue weighted by Crippen LogP contribution is -2.39. The monoisotopic (exact) mass is 417 g/mol. The van der Waals surface area contributed by atoms with Crippen molar-refractivity contribution in [1.82, 2.24) is 10.2 Å². The summed E-state index contributed by atoms with van der Waals surface area (Å²) in [6.07, 6.45) is 3.46. The topological polar surface area (TPSA) is 46.1 Å². The predicted octanol–water partition coefficient (Wildman–Crippen LogP) is 2.64. The summed E-state index contributed by atoms with van der Waals surface area (Å²) in [5, 5.41) is 3.38. The van der Waals surface area contributed by atoms with Crippen molar-refractivity contribution >= 4 is 29.9 Å². The van der Waals surface area contributed by atoms with Gasteiger partial charge in [0.2, 0.25) is 6.79 Å². The van der Waals surface area contributed by atoms with Gasteiger partial charge >= 0.3 is 0 Å². The fourth-order valence-corrected chi connectivity index (χ4v) is 2.74. The number of halogens is 1. The predicted molar refractivity (Wildman–Crippen MR) is 98.5 cm³/mol. The van der Waals surface area contributed by atoms with E-state index < -0.39 is 0 Å². The molecule has 2 heterocycles. The van der Waals surface area contributed by atoms with Crippen LogP contribution in [0.3, 0.4) is 0 Å². The fraction of sp³-hybridized carbons (Fsp3) is 0.562. The Labute approximate surface area is 149 Å². The maximum absolute atomic E-state index is 5.41. The van der Waals surface area contributed by atoms with Crippen LogP contribution in [-0.2, 0) is 6.42 Å². The average molecular weight is 417 g/mol. The van der Waals surface area contributed by atoms with Gasteiger partial charge in [-0.3, -0.25) is 4.99 Å². The number of likely N-dealkylation sites (tertiary alicyclic amines) is 1. The Morgan fingerprint density at radius 2 is 2.00 bits per heavy atom. The van der Waals surface area contributed by atoms with Gasteiger partial charge < -0.3 is 19.7 Å². The lowest BCUT2D eigenvalue weighted by molar-refractivity contribution is 0.174. The standard InChI is InChI=1S/C16H23N3O2.HI/c1-2-17-16(19-9-3-4-10-19)18-8-7-13-5-6-14-15(11-13)21-12-20-14;/h5-6,11H,2-4,7-10,12H2,1H3,(H,17,18);1H. The number of benzene rings is 1. The molecule has 1 aromatic carbocycles. The van der Waals surface area contributed by atoms with E-state index in [0.29, 0.717) is 6.79 Å². The number of guanidine groups is 1. The van der Waals surface area contributed by atoms with E-state index in [4.69, 9.17) is 14.5 Å². The van der Waals surface area contributed by atoms with Crippen LogP contribution >= 0.6 is 24.0 Å². The number of aliphatic imine (C=N–C) groups is 1. The molecule has 3 rings (SSSR count). The van der Waals surface area contributed by atoms with Gasteiger partial charge in [-0.1, -0.05) is 6.07 Å². The molecule has 1 N–H and O–H groups in total. The molecule has 2 aliphatic rings. The Morgan fingerprint density at radius 3 is 2.77 bits per heavy atom. The molecule has 1 fully saturated rings. The molecule has 0 radical (unpaired) electrons. The molecule has 0 unspecified atom stereocenters. The quantitative estimate of drug-likeness (QED) is 0.465. The van der Waals surface area contributed by atoms with Crippen LogP contribution in [0.1, 0.15) is 25.3 Å². The summed E-state index contributed by atoms with van der Waals surface area (Å²) in [4.78, 5) is 7.09. The smallest absolute Gasteiger partial charge is 0.231 e. The van der Waals surface area contributed by atoms with Gasteiger partial charge in [-0.2, -0.15) is 0 Å². The van der Waals surface area contributed by atoms with E-state index in [9.17, 15) is 0 Å². The summed E-state index contributed by atoms with van der Waals surface area (Å²) in [7, 11) is 0. The van der Waals surface area contributed by atoms with Gasteiger partial charge in [-0.15, -0.1) is 24.0 Å². The second kappa shape index (κ2) is 8.45.